The molecule has 1 unspecified atom stereocenters. The summed E-state index contributed by atoms with van der Waals surface area (Å²) in [5.41, 5.74) is 3.21. The van der Waals surface area contributed by atoms with Crippen LogP contribution >= 0.6 is 15.9 Å². The van der Waals surface area contributed by atoms with Crippen LogP contribution in [0.3, 0.4) is 0 Å². The number of Topliss-reactive ketones (excluding diaryl/α,β-unsaturated/α-hetero) is 2. The predicted molar refractivity (Wildman–Crippen MR) is 90.4 cm³/mol. The summed E-state index contributed by atoms with van der Waals surface area (Å²) in [6, 6.07) is 14.9. The molecule has 3 rings (SSSR count). The number of halogens is 1. The molecule has 2 aromatic carbocycles. The number of allylic oxidation sites excluding steroid dienone is 2. The molecule has 0 radical (unpaired) electrons. The van der Waals surface area contributed by atoms with Crippen molar-refractivity contribution in [3.8, 4) is 0 Å². The first-order valence-corrected chi connectivity index (χ1v) is 7.94. The van der Waals surface area contributed by atoms with E-state index in [2.05, 4.69) is 15.9 Å². The van der Waals surface area contributed by atoms with Gasteiger partial charge in [-0.05, 0) is 24.6 Å². The van der Waals surface area contributed by atoms with Gasteiger partial charge in [-0.1, -0.05) is 59.3 Å². The van der Waals surface area contributed by atoms with E-state index in [1.54, 1.807) is 31.2 Å². The summed E-state index contributed by atoms with van der Waals surface area (Å²) in [7, 11) is 0. The Morgan fingerprint density at radius 2 is 1.41 bits per heavy atom. The summed E-state index contributed by atoms with van der Waals surface area (Å²) >= 11 is 3.41. The zero-order chi connectivity index (χ0) is 15.9. The molecule has 0 heterocycles. The quantitative estimate of drug-likeness (QED) is 0.764. The maximum atomic E-state index is 12.8. The number of fused-ring (bicyclic) bond motifs is 1. The number of hydrogen-bond donors (Lipinski definition) is 0. The normalized spacial score (nSPS) is 15.8. The number of ketones is 2. The molecule has 3 heteroatoms. The van der Waals surface area contributed by atoms with Crippen molar-refractivity contribution in [2.75, 3.05) is 0 Å². The largest absolute Gasteiger partial charge is 0.289 e. The Kier molecular flexibility index (Phi) is 3.83. The third-order valence-corrected chi connectivity index (χ3v) is 4.74. The SMILES string of the molecule is CC1=C(C(C)c2ccc(Br)cc2)C(=O)c2ccccc2C1=O. The second-order valence-electron chi connectivity index (χ2n) is 5.52. The Morgan fingerprint density at radius 3 is 2.00 bits per heavy atom. The van der Waals surface area contributed by atoms with E-state index in [1.165, 1.54) is 0 Å². The zero-order valence-corrected chi connectivity index (χ0v) is 14.0. The van der Waals surface area contributed by atoms with Gasteiger partial charge in [0.2, 0.25) is 0 Å². The summed E-state index contributed by atoms with van der Waals surface area (Å²) in [6.07, 6.45) is 0. The van der Waals surface area contributed by atoms with Crippen LogP contribution in [0.5, 0.6) is 0 Å². The van der Waals surface area contributed by atoms with Crippen molar-refractivity contribution in [1.29, 1.82) is 0 Å². The molecule has 0 spiro atoms. The standard InChI is InChI=1S/C19H15BrO2/c1-11(13-7-9-14(20)10-8-13)17-12(2)18(21)15-5-3-4-6-16(15)19(17)22/h3-11H,1-2H3. The van der Waals surface area contributed by atoms with Gasteiger partial charge in [-0.2, -0.15) is 0 Å². The molecule has 0 aliphatic heterocycles. The fraction of sp³-hybridized carbons (Fsp3) is 0.158. The van der Waals surface area contributed by atoms with Crippen molar-refractivity contribution < 1.29 is 9.59 Å². The van der Waals surface area contributed by atoms with Crippen LogP contribution in [0.2, 0.25) is 0 Å². The van der Waals surface area contributed by atoms with Gasteiger partial charge in [0.25, 0.3) is 0 Å². The molecule has 0 amide bonds. The first-order valence-electron chi connectivity index (χ1n) is 7.15. The van der Waals surface area contributed by atoms with E-state index in [1.807, 2.05) is 31.2 Å². The Hall–Kier alpha value is -2.00. The Labute approximate surface area is 138 Å². The lowest BCUT2D eigenvalue weighted by Gasteiger charge is -2.23. The maximum Gasteiger partial charge on any atom is 0.190 e. The molecule has 0 aromatic heterocycles. The number of carbonyl (C=O) groups is 2. The summed E-state index contributed by atoms with van der Waals surface area (Å²) < 4.78 is 0.991. The smallest absolute Gasteiger partial charge is 0.190 e. The van der Waals surface area contributed by atoms with Crippen LogP contribution in [0.1, 0.15) is 46.0 Å². The van der Waals surface area contributed by atoms with Crippen molar-refractivity contribution in [2.24, 2.45) is 0 Å². The van der Waals surface area contributed by atoms with Gasteiger partial charge in [-0.25, -0.2) is 0 Å². The fourth-order valence-electron chi connectivity index (χ4n) is 2.96. The highest BCUT2D eigenvalue weighted by atomic mass is 79.9. The van der Waals surface area contributed by atoms with E-state index >= 15 is 0 Å². The van der Waals surface area contributed by atoms with Crippen LogP contribution in [0.25, 0.3) is 0 Å². The molecule has 0 saturated heterocycles. The van der Waals surface area contributed by atoms with E-state index in [4.69, 9.17) is 0 Å². The molecular weight excluding hydrogens is 340 g/mol. The first-order chi connectivity index (χ1) is 10.5. The van der Waals surface area contributed by atoms with Crippen LogP contribution in [0.4, 0.5) is 0 Å². The maximum absolute atomic E-state index is 12.8. The van der Waals surface area contributed by atoms with Crippen LogP contribution < -0.4 is 0 Å². The van der Waals surface area contributed by atoms with Gasteiger partial charge in [-0.3, -0.25) is 9.59 Å². The summed E-state index contributed by atoms with van der Waals surface area (Å²) in [5.74, 6) is -0.199. The highest BCUT2D eigenvalue weighted by molar-refractivity contribution is 9.10. The summed E-state index contributed by atoms with van der Waals surface area (Å²) in [6.45, 7) is 3.72. The molecular formula is C19H15BrO2. The fourth-order valence-corrected chi connectivity index (χ4v) is 3.22. The van der Waals surface area contributed by atoms with Crippen molar-refractivity contribution in [2.45, 2.75) is 19.8 Å². The van der Waals surface area contributed by atoms with Gasteiger partial charge in [0.15, 0.2) is 11.6 Å². The van der Waals surface area contributed by atoms with Crippen LogP contribution in [-0.2, 0) is 0 Å². The topological polar surface area (TPSA) is 34.1 Å². The number of benzene rings is 2. The van der Waals surface area contributed by atoms with E-state index in [9.17, 15) is 9.59 Å². The highest BCUT2D eigenvalue weighted by Crippen LogP contribution is 2.35. The Balaban J connectivity index is 2.10. The van der Waals surface area contributed by atoms with Crippen LogP contribution in [0.15, 0.2) is 64.1 Å². The third kappa shape index (κ3) is 2.35. The van der Waals surface area contributed by atoms with E-state index in [-0.39, 0.29) is 17.5 Å². The second kappa shape index (κ2) is 5.65. The minimum atomic E-state index is -0.113. The molecule has 2 nitrogen and oxygen atoms in total. The van der Waals surface area contributed by atoms with Crippen LogP contribution in [-0.4, -0.2) is 11.6 Å². The summed E-state index contributed by atoms with van der Waals surface area (Å²) in [5, 5.41) is 0. The van der Waals surface area contributed by atoms with E-state index in [0.717, 1.165) is 10.0 Å². The lowest BCUT2D eigenvalue weighted by Crippen LogP contribution is -2.23. The monoisotopic (exact) mass is 354 g/mol. The van der Waals surface area contributed by atoms with Gasteiger partial charge < -0.3 is 0 Å². The third-order valence-electron chi connectivity index (χ3n) is 4.21. The molecule has 2 aromatic rings. The molecule has 110 valence electrons. The van der Waals surface area contributed by atoms with Crippen molar-refractivity contribution in [3.63, 3.8) is 0 Å². The van der Waals surface area contributed by atoms with Gasteiger partial charge in [0.1, 0.15) is 0 Å². The Bertz CT molecular complexity index is 800. The zero-order valence-electron chi connectivity index (χ0n) is 12.4. The lowest BCUT2D eigenvalue weighted by molar-refractivity contribution is 0.0970. The molecule has 0 fully saturated rings. The van der Waals surface area contributed by atoms with Gasteiger partial charge >= 0.3 is 0 Å². The minimum absolute atomic E-state index is 0.0388. The second-order valence-corrected chi connectivity index (χ2v) is 6.43. The molecule has 1 atom stereocenters. The van der Waals surface area contributed by atoms with E-state index < -0.39 is 0 Å². The van der Waals surface area contributed by atoms with Crippen molar-refractivity contribution in [3.05, 3.63) is 80.8 Å². The number of rotatable bonds is 2. The minimum Gasteiger partial charge on any atom is -0.289 e. The first kappa shape index (κ1) is 14.9. The van der Waals surface area contributed by atoms with Gasteiger partial charge in [0, 0.05) is 32.7 Å². The number of hydrogen-bond acceptors (Lipinski definition) is 2. The Morgan fingerprint density at radius 1 is 0.864 bits per heavy atom. The molecule has 0 saturated carbocycles. The number of carbonyl (C=O) groups excluding carboxylic acids is 2. The molecule has 0 bridgehead atoms. The lowest BCUT2D eigenvalue weighted by atomic mass is 9.78. The molecule has 22 heavy (non-hydrogen) atoms. The van der Waals surface area contributed by atoms with Crippen LogP contribution in [0, 0.1) is 0 Å². The van der Waals surface area contributed by atoms with Gasteiger partial charge in [0.05, 0.1) is 0 Å². The predicted octanol–water partition coefficient (Wildman–Crippen LogP) is 4.95. The van der Waals surface area contributed by atoms with Crippen molar-refractivity contribution >= 4 is 27.5 Å². The molecule has 0 N–H and O–H groups in total. The average Bonchev–Trinajstić information content (AvgIpc) is 2.53. The van der Waals surface area contributed by atoms with E-state index in [0.29, 0.717) is 22.3 Å². The van der Waals surface area contributed by atoms with Gasteiger partial charge in [-0.15, -0.1) is 0 Å². The molecule has 1 aliphatic rings. The average molecular weight is 355 g/mol. The highest BCUT2D eigenvalue weighted by Gasteiger charge is 2.32. The molecule has 1 aliphatic carbocycles. The van der Waals surface area contributed by atoms with Crippen molar-refractivity contribution in [1.82, 2.24) is 0 Å². The summed E-state index contributed by atoms with van der Waals surface area (Å²) in [4.78, 5) is 25.4.